The number of aryl methyl sites for hydroxylation is 2. The van der Waals surface area contributed by atoms with Crippen molar-refractivity contribution in [1.29, 1.82) is 0 Å². The number of thiophene rings is 1. The molecule has 0 aliphatic heterocycles. The van der Waals surface area contributed by atoms with Crippen LogP contribution in [0.4, 0.5) is 4.39 Å². The van der Waals surface area contributed by atoms with Crippen molar-refractivity contribution in [3.05, 3.63) is 68.8 Å². The molecule has 0 saturated carbocycles. The van der Waals surface area contributed by atoms with Crippen LogP contribution in [0.1, 0.15) is 46.8 Å². The highest BCUT2D eigenvalue weighted by molar-refractivity contribution is 7.16. The van der Waals surface area contributed by atoms with Crippen LogP contribution in [-0.2, 0) is 12.6 Å². The molecule has 0 aliphatic carbocycles. The molecule has 1 atom stereocenters. The number of rotatable bonds is 6. The fraction of sp³-hybridized carbons (Fsp3) is 0.292. The summed E-state index contributed by atoms with van der Waals surface area (Å²) >= 11 is 1.22. The minimum absolute atomic E-state index is 0.151. The number of halogens is 1. The molecule has 3 N–H and O–H groups in total. The Morgan fingerprint density at radius 3 is 2.76 bits per heavy atom. The van der Waals surface area contributed by atoms with E-state index < -0.39 is 12.0 Å². The van der Waals surface area contributed by atoms with Crippen LogP contribution >= 0.6 is 11.3 Å². The van der Waals surface area contributed by atoms with Gasteiger partial charge in [0, 0.05) is 42.3 Å². The van der Waals surface area contributed by atoms with Crippen molar-refractivity contribution >= 4 is 28.1 Å². The third-order valence-corrected chi connectivity index (χ3v) is 6.94. The average molecular weight is 485 g/mol. The first-order valence-electron chi connectivity index (χ1n) is 10.5. The molecule has 0 spiro atoms. The maximum atomic E-state index is 15.2. The number of amides is 1. The summed E-state index contributed by atoms with van der Waals surface area (Å²) in [7, 11) is 3.08. The fourth-order valence-electron chi connectivity index (χ4n) is 3.63. The minimum Gasteiger partial charge on any atom is -0.453 e. The van der Waals surface area contributed by atoms with Gasteiger partial charge in [-0.1, -0.05) is 6.07 Å². The number of ether oxygens (including phenoxy) is 1. The van der Waals surface area contributed by atoms with Crippen LogP contribution in [0.5, 0.6) is 5.75 Å². The Labute approximate surface area is 199 Å². The number of nitrogens with zero attached hydrogens (tertiary/aromatic N) is 2. The second kappa shape index (κ2) is 8.69. The molecule has 4 rings (SSSR count). The van der Waals surface area contributed by atoms with E-state index in [1.165, 1.54) is 29.1 Å². The Hall–Kier alpha value is -3.50. The van der Waals surface area contributed by atoms with Gasteiger partial charge in [-0.2, -0.15) is 4.39 Å². The first kappa shape index (κ1) is 23.7. The summed E-state index contributed by atoms with van der Waals surface area (Å²) in [6, 6.07) is 6.62. The molecule has 0 aliphatic rings. The maximum absolute atomic E-state index is 15.2. The number of aliphatic hydroxyl groups is 1. The van der Waals surface area contributed by atoms with Gasteiger partial charge in [-0.05, 0) is 44.5 Å². The van der Waals surface area contributed by atoms with Gasteiger partial charge in [-0.25, -0.2) is 0 Å². The topological polar surface area (TPSA) is 109 Å². The SMILES string of the molecule is CNC(=O)c1cc2c(-c3sc(C(C)(C)O)cc3OC(F)c3ncccc3C)cn(C)c(=O)c2[nH]1. The summed E-state index contributed by atoms with van der Waals surface area (Å²) in [6.45, 7) is 4.99. The number of alkyl halides is 1. The van der Waals surface area contributed by atoms with Crippen molar-refractivity contribution in [3.8, 4) is 16.2 Å². The molecule has 4 heterocycles. The van der Waals surface area contributed by atoms with E-state index in [9.17, 15) is 14.7 Å². The number of nitrogens with one attached hydrogen (secondary N) is 2. The van der Waals surface area contributed by atoms with Crippen molar-refractivity contribution < 1.29 is 19.0 Å². The van der Waals surface area contributed by atoms with Crippen LogP contribution in [0.25, 0.3) is 21.3 Å². The average Bonchev–Trinajstić information content (AvgIpc) is 3.41. The molecule has 34 heavy (non-hydrogen) atoms. The van der Waals surface area contributed by atoms with Gasteiger partial charge in [0.05, 0.1) is 10.5 Å². The van der Waals surface area contributed by atoms with Crippen molar-refractivity contribution in [2.75, 3.05) is 7.05 Å². The Morgan fingerprint density at radius 2 is 2.12 bits per heavy atom. The monoisotopic (exact) mass is 484 g/mol. The molecule has 4 aromatic rings. The number of aromatic nitrogens is 3. The number of pyridine rings is 2. The molecular formula is C24H25FN4O4S. The van der Waals surface area contributed by atoms with Crippen molar-refractivity contribution in [2.45, 2.75) is 32.7 Å². The Bertz CT molecular complexity index is 1450. The van der Waals surface area contributed by atoms with E-state index in [4.69, 9.17) is 4.74 Å². The largest absolute Gasteiger partial charge is 0.453 e. The summed E-state index contributed by atoms with van der Waals surface area (Å²) in [5.41, 5.74) is 0.278. The molecule has 1 unspecified atom stereocenters. The molecule has 0 aromatic carbocycles. The summed E-state index contributed by atoms with van der Waals surface area (Å²) in [5, 5.41) is 13.6. The number of carbonyl (C=O) groups is 1. The highest BCUT2D eigenvalue weighted by atomic mass is 32.1. The van der Waals surface area contributed by atoms with E-state index >= 15 is 4.39 Å². The quantitative estimate of drug-likeness (QED) is 0.384. The molecular weight excluding hydrogens is 459 g/mol. The Morgan fingerprint density at radius 1 is 1.38 bits per heavy atom. The zero-order valence-corrected chi connectivity index (χ0v) is 20.2. The molecule has 8 nitrogen and oxygen atoms in total. The lowest BCUT2D eigenvalue weighted by atomic mass is 10.1. The van der Waals surface area contributed by atoms with Gasteiger partial charge in [0.15, 0.2) is 0 Å². The maximum Gasteiger partial charge on any atom is 0.281 e. The molecule has 4 aromatic heterocycles. The van der Waals surface area contributed by atoms with Crippen molar-refractivity contribution in [2.24, 2.45) is 7.05 Å². The summed E-state index contributed by atoms with van der Waals surface area (Å²) < 4.78 is 22.3. The van der Waals surface area contributed by atoms with Gasteiger partial charge in [-0.3, -0.25) is 14.6 Å². The molecule has 1 amide bonds. The second-order valence-electron chi connectivity index (χ2n) is 8.51. The third kappa shape index (κ3) is 4.22. The predicted molar refractivity (Wildman–Crippen MR) is 129 cm³/mol. The number of fused-ring (bicyclic) bond motifs is 1. The normalized spacial score (nSPS) is 12.7. The lowest BCUT2D eigenvalue weighted by Crippen LogP contribution is -2.19. The Kier molecular flexibility index (Phi) is 6.05. The van der Waals surface area contributed by atoms with Gasteiger partial charge >= 0.3 is 0 Å². The summed E-state index contributed by atoms with van der Waals surface area (Å²) in [5.74, 6) is -0.180. The van der Waals surface area contributed by atoms with E-state index in [2.05, 4.69) is 15.3 Å². The lowest BCUT2D eigenvalue weighted by Gasteiger charge is -2.14. The van der Waals surface area contributed by atoms with Crippen LogP contribution in [-0.4, -0.2) is 32.6 Å². The van der Waals surface area contributed by atoms with Crippen molar-refractivity contribution in [3.63, 3.8) is 0 Å². The van der Waals surface area contributed by atoms with Crippen molar-refractivity contribution in [1.82, 2.24) is 19.9 Å². The number of hydrogen-bond acceptors (Lipinski definition) is 6. The molecule has 0 bridgehead atoms. The van der Waals surface area contributed by atoms with Crippen LogP contribution < -0.4 is 15.6 Å². The number of hydrogen-bond donors (Lipinski definition) is 3. The molecule has 10 heteroatoms. The van der Waals surface area contributed by atoms with E-state index in [-0.39, 0.29) is 34.1 Å². The highest BCUT2D eigenvalue weighted by Gasteiger charge is 2.27. The van der Waals surface area contributed by atoms with Crippen LogP contribution in [0.2, 0.25) is 0 Å². The van der Waals surface area contributed by atoms with E-state index in [0.29, 0.717) is 26.3 Å². The van der Waals surface area contributed by atoms with Crippen LogP contribution in [0.3, 0.4) is 0 Å². The lowest BCUT2D eigenvalue weighted by molar-refractivity contribution is 0.0615. The first-order valence-corrected chi connectivity index (χ1v) is 11.4. The minimum atomic E-state index is -1.85. The van der Waals surface area contributed by atoms with E-state index in [1.54, 1.807) is 58.3 Å². The first-order chi connectivity index (χ1) is 16.0. The van der Waals surface area contributed by atoms with Crippen LogP contribution in [0, 0.1) is 6.92 Å². The Balaban J connectivity index is 1.92. The second-order valence-corrected chi connectivity index (χ2v) is 9.56. The standard InChI is InChI=1S/C24H25FN4O4S/c1-12-7-6-8-27-18(12)21(25)33-16-10-17(24(2,3)32)34-20(16)14-11-29(5)23(31)19-13(14)9-15(28-19)22(30)26-4/h6-11,21,28,32H,1-5H3,(H,26,30). The fourth-order valence-corrected chi connectivity index (χ4v) is 4.74. The van der Waals surface area contributed by atoms with Gasteiger partial charge < -0.3 is 24.7 Å². The van der Waals surface area contributed by atoms with E-state index in [0.717, 1.165) is 0 Å². The highest BCUT2D eigenvalue weighted by Crippen LogP contribution is 2.45. The summed E-state index contributed by atoms with van der Waals surface area (Å²) in [4.78, 5) is 33.0. The number of H-pyrrole nitrogens is 1. The smallest absolute Gasteiger partial charge is 0.281 e. The van der Waals surface area contributed by atoms with Gasteiger partial charge in [-0.15, -0.1) is 11.3 Å². The number of carbonyl (C=O) groups excluding carboxylic acids is 1. The van der Waals surface area contributed by atoms with E-state index in [1.807, 2.05) is 0 Å². The molecule has 0 saturated heterocycles. The molecule has 0 fully saturated rings. The predicted octanol–water partition coefficient (Wildman–Crippen LogP) is 3.93. The zero-order valence-electron chi connectivity index (χ0n) is 19.4. The zero-order chi connectivity index (χ0) is 24.8. The number of aromatic amines is 1. The molecule has 178 valence electrons. The van der Waals surface area contributed by atoms with Gasteiger partial charge in [0.2, 0.25) is 0 Å². The summed E-state index contributed by atoms with van der Waals surface area (Å²) in [6.07, 6.45) is 1.25. The molecule has 0 radical (unpaired) electrons. The third-order valence-electron chi connectivity index (χ3n) is 5.48. The van der Waals surface area contributed by atoms with Gasteiger partial charge in [0.25, 0.3) is 17.8 Å². The van der Waals surface area contributed by atoms with Gasteiger partial charge in [0.1, 0.15) is 22.7 Å². The van der Waals surface area contributed by atoms with Crippen LogP contribution in [0.15, 0.2) is 41.5 Å².